The van der Waals surface area contributed by atoms with Crippen molar-refractivity contribution in [3.8, 4) is 28.4 Å². The Kier molecular flexibility index (Phi) is 5.14. The fourth-order valence-corrected chi connectivity index (χ4v) is 4.28. The average molecular weight is 423 g/mol. The lowest BCUT2D eigenvalue weighted by Gasteiger charge is -2.38. The highest BCUT2D eigenvalue weighted by atomic mass is 35.5. The summed E-state index contributed by atoms with van der Waals surface area (Å²) in [5.74, 6) is -0.177. The van der Waals surface area contributed by atoms with E-state index in [1.54, 1.807) is 6.07 Å². The van der Waals surface area contributed by atoms with E-state index in [1.165, 1.54) is 30.2 Å². The largest absolute Gasteiger partial charge is 0.507 e. The number of phenolic OH excluding ortho intramolecular Hbond substituents is 1. The Morgan fingerprint density at radius 1 is 1.34 bits per heavy atom. The van der Waals surface area contributed by atoms with Gasteiger partial charge < -0.3 is 24.6 Å². The van der Waals surface area contributed by atoms with Gasteiger partial charge in [-0.05, 0) is 18.2 Å². The van der Waals surface area contributed by atoms with Crippen LogP contribution in [-0.4, -0.2) is 65.5 Å². The number of carboxylic acid groups (broad SMARTS) is 1. The van der Waals surface area contributed by atoms with E-state index >= 15 is 0 Å². The van der Waals surface area contributed by atoms with Gasteiger partial charge in [-0.25, -0.2) is 9.18 Å². The lowest BCUT2D eigenvalue weighted by Crippen LogP contribution is -2.55. The molecule has 2 aromatic rings. The van der Waals surface area contributed by atoms with Gasteiger partial charge in [0.15, 0.2) is 0 Å². The molecule has 0 unspecified atom stereocenters. The summed E-state index contributed by atoms with van der Waals surface area (Å²) >= 11 is 6.63. The molecule has 2 aliphatic heterocycles. The van der Waals surface area contributed by atoms with Crippen molar-refractivity contribution in [3.05, 3.63) is 40.7 Å². The summed E-state index contributed by atoms with van der Waals surface area (Å²) in [6, 6.07) is 5.62. The van der Waals surface area contributed by atoms with E-state index in [2.05, 4.69) is 4.90 Å². The summed E-state index contributed by atoms with van der Waals surface area (Å²) in [7, 11) is 1.45. The molecule has 1 fully saturated rings. The van der Waals surface area contributed by atoms with Crippen molar-refractivity contribution in [2.45, 2.75) is 12.6 Å². The van der Waals surface area contributed by atoms with Gasteiger partial charge in [0.25, 0.3) is 0 Å². The van der Waals surface area contributed by atoms with Crippen LogP contribution in [0.25, 0.3) is 11.1 Å². The molecule has 0 aliphatic carbocycles. The van der Waals surface area contributed by atoms with Crippen molar-refractivity contribution in [1.29, 1.82) is 0 Å². The predicted molar refractivity (Wildman–Crippen MR) is 104 cm³/mol. The van der Waals surface area contributed by atoms with Gasteiger partial charge in [0.2, 0.25) is 0 Å². The number of nitrogens with zero attached hydrogens (tertiary/aromatic N) is 2. The summed E-state index contributed by atoms with van der Waals surface area (Å²) in [6.45, 7) is 2.04. The Bertz CT molecular complexity index is 950. The quantitative estimate of drug-likeness (QED) is 0.771. The minimum absolute atomic E-state index is 0.0558. The number of amides is 1. The number of piperazine rings is 1. The van der Waals surface area contributed by atoms with Gasteiger partial charge in [0.1, 0.15) is 29.7 Å². The summed E-state index contributed by atoms with van der Waals surface area (Å²) in [5, 5.41) is 19.7. The third kappa shape index (κ3) is 3.42. The number of methoxy groups -OCH3 is 1. The molecule has 7 nitrogen and oxygen atoms in total. The van der Waals surface area contributed by atoms with E-state index in [9.17, 15) is 19.4 Å². The molecule has 1 saturated heterocycles. The summed E-state index contributed by atoms with van der Waals surface area (Å²) < 4.78 is 25.9. The Morgan fingerprint density at radius 3 is 2.83 bits per heavy atom. The van der Waals surface area contributed by atoms with Crippen molar-refractivity contribution in [2.75, 3.05) is 33.4 Å². The summed E-state index contributed by atoms with van der Waals surface area (Å²) in [6.07, 6.45) is -0.955. The second-order valence-electron chi connectivity index (χ2n) is 7.05. The first-order valence-corrected chi connectivity index (χ1v) is 9.50. The third-order valence-electron chi connectivity index (χ3n) is 5.39. The molecule has 1 amide bonds. The topological polar surface area (TPSA) is 82.5 Å². The first-order chi connectivity index (χ1) is 13.9. The molecule has 2 aromatic carbocycles. The van der Waals surface area contributed by atoms with Crippen LogP contribution in [0.3, 0.4) is 0 Å². The molecule has 154 valence electrons. The number of benzene rings is 2. The van der Waals surface area contributed by atoms with Crippen LogP contribution in [0.5, 0.6) is 17.2 Å². The van der Waals surface area contributed by atoms with Crippen LogP contribution < -0.4 is 9.47 Å². The molecule has 29 heavy (non-hydrogen) atoms. The lowest BCUT2D eigenvalue weighted by molar-refractivity contribution is 0.0503. The van der Waals surface area contributed by atoms with E-state index in [-0.39, 0.29) is 34.5 Å². The Hall–Kier alpha value is -2.71. The van der Waals surface area contributed by atoms with Gasteiger partial charge in [-0.3, -0.25) is 4.90 Å². The van der Waals surface area contributed by atoms with Crippen LogP contribution in [0, 0.1) is 5.82 Å². The van der Waals surface area contributed by atoms with Crippen molar-refractivity contribution in [1.82, 2.24) is 9.80 Å². The number of hydrogen-bond donors (Lipinski definition) is 2. The lowest BCUT2D eigenvalue weighted by atomic mass is 9.99. The fraction of sp³-hybridized carbons (Fsp3) is 0.350. The second kappa shape index (κ2) is 7.61. The van der Waals surface area contributed by atoms with E-state index in [4.69, 9.17) is 21.1 Å². The highest BCUT2D eigenvalue weighted by molar-refractivity contribution is 6.35. The van der Waals surface area contributed by atoms with E-state index in [0.29, 0.717) is 37.7 Å². The maximum atomic E-state index is 14.5. The first kappa shape index (κ1) is 19.6. The molecule has 2 heterocycles. The number of hydrogen-bond acceptors (Lipinski definition) is 5. The van der Waals surface area contributed by atoms with Gasteiger partial charge in [-0.15, -0.1) is 0 Å². The molecule has 0 radical (unpaired) electrons. The molecule has 9 heteroatoms. The van der Waals surface area contributed by atoms with Crippen LogP contribution in [-0.2, 0) is 6.54 Å². The Labute approximate surface area is 171 Å². The van der Waals surface area contributed by atoms with Gasteiger partial charge in [0.05, 0.1) is 29.3 Å². The number of halogens is 2. The standard InChI is InChI=1S/C20H20ClFN2O5/c1-28-15-7-11-8-23-5-6-24(20(26)27)9-12(23)10-29-19(11)18(21)17(15)16-13(22)3-2-4-14(16)25/h2-4,7,12,25H,5-6,8-10H2,1H3,(H,26,27)/t12-/m1/s1. The number of fused-ring (bicyclic) bond motifs is 2. The van der Waals surface area contributed by atoms with Crippen LogP contribution in [0.15, 0.2) is 24.3 Å². The number of phenols is 1. The second-order valence-corrected chi connectivity index (χ2v) is 7.43. The van der Waals surface area contributed by atoms with E-state index in [0.717, 1.165) is 5.56 Å². The van der Waals surface area contributed by atoms with Crippen LogP contribution in [0.4, 0.5) is 9.18 Å². The zero-order valence-corrected chi connectivity index (χ0v) is 16.4. The molecule has 2 N–H and O–H groups in total. The molecule has 1 atom stereocenters. The summed E-state index contributed by atoms with van der Waals surface area (Å²) in [4.78, 5) is 14.8. The maximum absolute atomic E-state index is 14.5. The smallest absolute Gasteiger partial charge is 0.407 e. The highest BCUT2D eigenvalue weighted by Gasteiger charge is 2.34. The highest BCUT2D eigenvalue weighted by Crippen LogP contribution is 2.48. The monoisotopic (exact) mass is 422 g/mol. The number of rotatable bonds is 2. The maximum Gasteiger partial charge on any atom is 0.407 e. The zero-order chi connectivity index (χ0) is 20.7. The van der Waals surface area contributed by atoms with Gasteiger partial charge in [-0.1, -0.05) is 17.7 Å². The Morgan fingerprint density at radius 2 is 2.14 bits per heavy atom. The first-order valence-electron chi connectivity index (χ1n) is 9.12. The fourth-order valence-electron chi connectivity index (χ4n) is 3.92. The number of ether oxygens (including phenoxy) is 2. The average Bonchev–Trinajstić information content (AvgIpc) is 2.87. The van der Waals surface area contributed by atoms with E-state index in [1.807, 2.05) is 0 Å². The van der Waals surface area contributed by atoms with Crippen molar-refractivity contribution >= 4 is 17.7 Å². The molecule has 4 rings (SSSR count). The predicted octanol–water partition coefficient (Wildman–Crippen LogP) is 3.42. The van der Waals surface area contributed by atoms with Crippen molar-refractivity contribution < 1.29 is 28.9 Å². The van der Waals surface area contributed by atoms with Crippen LogP contribution >= 0.6 is 11.6 Å². The molecule has 0 saturated carbocycles. The normalized spacial score (nSPS) is 19.0. The number of aromatic hydroxyl groups is 1. The van der Waals surface area contributed by atoms with Gasteiger partial charge in [0, 0.05) is 31.7 Å². The Balaban J connectivity index is 1.77. The van der Waals surface area contributed by atoms with Crippen molar-refractivity contribution in [3.63, 3.8) is 0 Å². The molecule has 0 spiro atoms. The van der Waals surface area contributed by atoms with Crippen LogP contribution in [0.1, 0.15) is 5.56 Å². The van der Waals surface area contributed by atoms with E-state index < -0.39 is 11.9 Å². The van der Waals surface area contributed by atoms with Crippen molar-refractivity contribution in [2.24, 2.45) is 0 Å². The van der Waals surface area contributed by atoms with Gasteiger partial charge in [-0.2, -0.15) is 0 Å². The van der Waals surface area contributed by atoms with Crippen LogP contribution in [0.2, 0.25) is 5.02 Å². The molecular weight excluding hydrogens is 403 g/mol. The molecular formula is C20H20ClFN2O5. The minimum atomic E-state index is -0.955. The minimum Gasteiger partial charge on any atom is -0.507 e. The molecule has 2 aliphatic rings. The van der Waals surface area contributed by atoms with Gasteiger partial charge >= 0.3 is 6.09 Å². The zero-order valence-electron chi connectivity index (χ0n) is 15.7. The molecule has 0 bridgehead atoms. The number of carbonyl (C=O) groups is 1. The SMILES string of the molecule is COc1cc2c(c(Cl)c1-c1c(O)cccc1F)OC[C@H]1CN(C(=O)O)CCN1C2. The third-order valence-corrected chi connectivity index (χ3v) is 5.75. The molecule has 0 aromatic heterocycles. The summed E-state index contributed by atoms with van der Waals surface area (Å²) in [5.41, 5.74) is 0.924.